The van der Waals surface area contributed by atoms with Crippen LogP contribution < -0.4 is 5.32 Å². The quantitative estimate of drug-likeness (QED) is 0.880. The number of amides is 1. The third-order valence-electron chi connectivity index (χ3n) is 2.52. The summed E-state index contributed by atoms with van der Waals surface area (Å²) in [7, 11) is 1.25. The number of nitrogens with zero attached hydrogens (tertiary/aromatic N) is 1. The molecule has 1 heterocycles. The molecular formula is C13H10F2N2O3S. The number of carbonyl (C=O) groups excluding carboxylic acids is 2. The number of esters is 1. The molecule has 0 atom stereocenters. The molecule has 0 unspecified atom stereocenters. The second kappa shape index (κ2) is 6.40. The number of halogens is 2. The SMILES string of the molecule is COC(=O)Cc1csc(NC(=O)c2c(F)cccc2F)n1. The predicted molar refractivity (Wildman–Crippen MR) is 72.1 cm³/mol. The molecule has 2 rings (SSSR count). The van der Waals surface area contributed by atoms with Gasteiger partial charge in [0.05, 0.1) is 19.2 Å². The van der Waals surface area contributed by atoms with Crippen molar-refractivity contribution in [2.24, 2.45) is 0 Å². The summed E-state index contributed by atoms with van der Waals surface area (Å²) in [4.78, 5) is 26.9. The minimum atomic E-state index is -0.959. The van der Waals surface area contributed by atoms with Crippen molar-refractivity contribution >= 4 is 28.3 Å². The van der Waals surface area contributed by atoms with Crippen LogP contribution in [0, 0.1) is 11.6 Å². The van der Waals surface area contributed by atoms with E-state index in [9.17, 15) is 18.4 Å². The first-order chi connectivity index (χ1) is 10.0. The highest BCUT2D eigenvalue weighted by Crippen LogP contribution is 2.19. The lowest BCUT2D eigenvalue weighted by Crippen LogP contribution is -2.15. The Bertz CT molecular complexity index is 668. The number of rotatable bonds is 4. The minimum Gasteiger partial charge on any atom is -0.469 e. The van der Waals surface area contributed by atoms with Crippen molar-refractivity contribution in [3.8, 4) is 0 Å². The first-order valence-corrected chi connectivity index (χ1v) is 6.66. The summed E-state index contributed by atoms with van der Waals surface area (Å²) >= 11 is 1.04. The molecule has 5 nitrogen and oxygen atoms in total. The van der Waals surface area contributed by atoms with Crippen LogP contribution >= 0.6 is 11.3 Å². The van der Waals surface area contributed by atoms with Crippen molar-refractivity contribution in [1.29, 1.82) is 0 Å². The Labute approximate surface area is 122 Å². The molecule has 0 fully saturated rings. The summed E-state index contributed by atoms with van der Waals surface area (Å²) < 4.78 is 31.4. The van der Waals surface area contributed by atoms with Crippen LogP contribution in [0.15, 0.2) is 23.6 Å². The van der Waals surface area contributed by atoms with Crippen LogP contribution in [0.2, 0.25) is 0 Å². The van der Waals surface area contributed by atoms with Crippen molar-refractivity contribution in [3.63, 3.8) is 0 Å². The second-order valence-corrected chi connectivity index (χ2v) is 4.81. The summed E-state index contributed by atoms with van der Waals surface area (Å²) in [5, 5.41) is 3.97. The fraction of sp³-hybridized carbons (Fsp3) is 0.154. The van der Waals surface area contributed by atoms with Crippen LogP contribution in [0.25, 0.3) is 0 Å². The van der Waals surface area contributed by atoms with Crippen molar-refractivity contribution in [2.75, 3.05) is 12.4 Å². The summed E-state index contributed by atoms with van der Waals surface area (Å²) in [5.74, 6) is -3.33. The topological polar surface area (TPSA) is 68.3 Å². The van der Waals surface area contributed by atoms with Gasteiger partial charge < -0.3 is 4.74 Å². The normalized spacial score (nSPS) is 10.2. The third-order valence-corrected chi connectivity index (χ3v) is 3.32. The zero-order valence-corrected chi connectivity index (χ0v) is 11.7. The van der Waals surface area contributed by atoms with Crippen LogP contribution in [0.1, 0.15) is 16.1 Å². The molecule has 0 saturated carbocycles. The largest absolute Gasteiger partial charge is 0.469 e. The third kappa shape index (κ3) is 3.60. The van der Waals surface area contributed by atoms with Gasteiger partial charge in [-0.15, -0.1) is 11.3 Å². The van der Waals surface area contributed by atoms with Crippen molar-refractivity contribution in [3.05, 3.63) is 46.5 Å². The van der Waals surface area contributed by atoms with Gasteiger partial charge in [0, 0.05) is 5.38 Å². The van der Waals surface area contributed by atoms with Crippen LogP contribution in [0.5, 0.6) is 0 Å². The molecule has 1 aromatic heterocycles. The summed E-state index contributed by atoms with van der Waals surface area (Å²) in [6.45, 7) is 0. The van der Waals surface area contributed by atoms with E-state index in [2.05, 4.69) is 15.0 Å². The molecule has 1 amide bonds. The van der Waals surface area contributed by atoms with Gasteiger partial charge in [0.25, 0.3) is 5.91 Å². The Kier molecular flexibility index (Phi) is 4.59. The lowest BCUT2D eigenvalue weighted by Gasteiger charge is -2.04. The number of ether oxygens (including phenoxy) is 1. The predicted octanol–water partition coefficient (Wildman–Crippen LogP) is 2.39. The average Bonchev–Trinajstić information content (AvgIpc) is 2.85. The monoisotopic (exact) mass is 312 g/mol. The number of thiazole rings is 1. The molecule has 1 aromatic carbocycles. The van der Waals surface area contributed by atoms with Crippen molar-refractivity contribution in [1.82, 2.24) is 4.98 Å². The Morgan fingerprint density at radius 1 is 1.33 bits per heavy atom. The summed E-state index contributed by atoms with van der Waals surface area (Å²) in [5.41, 5.74) is -0.279. The van der Waals surface area contributed by atoms with Crippen LogP contribution in [0.3, 0.4) is 0 Å². The van der Waals surface area contributed by atoms with Crippen LogP contribution in [-0.4, -0.2) is 24.0 Å². The zero-order chi connectivity index (χ0) is 15.4. The number of hydrogen-bond acceptors (Lipinski definition) is 5. The molecule has 0 aliphatic heterocycles. The summed E-state index contributed by atoms with van der Waals surface area (Å²) in [6.07, 6.45) is -0.0447. The number of anilines is 1. The Morgan fingerprint density at radius 2 is 2.00 bits per heavy atom. The lowest BCUT2D eigenvalue weighted by atomic mass is 10.2. The van der Waals surface area contributed by atoms with Crippen molar-refractivity contribution in [2.45, 2.75) is 6.42 Å². The van der Waals surface area contributed by atoms with Gasteiger partial charge in [-0.25, -0.2) is 13.8 Å². The summed E-state index contributed by atoms with van der Waals surface area (Å²) in [6, 6.07) is 3.14. The molecule has 0 saturated heterocycles. The molecule has 8 heteroatoms. The van der Waals surface area contributed by atoms with E-state index >= 15 is 0 Å². The Morgan fingerprint density at radius 3 is 2.62 bits per heavy atom. The molecule has 0 spiro atoms. The fourth-order valence-corrected chi connectivity index (χ4v) is 2.25. The number of benzene rings is 1. The second-order valence-electron chi connectivity index (χ2n) is 3.95. The molecule has 0 bridgehead atoms. The Hall–Kier alpha value is -2.35. The van der Waals surface area contributed by atoms with E-state index in [0.717, 1.165) is 23.5 Å². The van der Waals surface area contributed by atoms with Gasteiger partial charge in [0.1, 0.15) is 17.2 Å². The molecule has 21 heavy (non-hydrogen) atoms. The maximum absolute atomic E-state index is 13.4. The van der Waals surface area contributed by atoms with E-state index in [4.69, 9.17) is 0 Å². The fourth-order valence-electron chi connectivity index (χ4n) is 1.54. The highest BCUT2D eigenvalue weighted by molar-refractivity contribution is 7.14. The maximum Gasteiger partial charge on any atom is 0.311 e. The zero-order valence-electron chi connectivity index (χ0n) is 10.9. The van der Waals surface area contributed by atoms with Crippen molar-refractivity contribution < 1.29 is 23.1 Å². The van der Waals surface area contributed by atoms with Gasteiger partial charge in [-0.3, -0.25) is 14.9 Å². The van der Waals surface area contributed by atoms with Gasteiger partial charge in [-0.1, -0.05) is 6.07 Å². The number of aromatic nitrogens is 1. The van der Waals surface area contributed by atoms with E-state index in [-0.39, 0.29) is 11.6 Å². The number of hydrogen-bond donors (Lipinski definition) is 1. The molecule has 1 N–H and O–H groups in total. The highest BCUT2D eigenvalue weighted by atomic mass is 32.1. The van der Waals surface area contributed by atoms with Crippen LogP contribution in [0.4, 0.5) is 13.9 Å². The first kappa shape index (κ1) is 15.0. The maximum atomic E-state index is 13.4. The van der Waals surface area contributed by atoms with E-state index < -0.39 is 29.1 Å². The smallest absolute Gasteiger partial charge is 0.311 e. The van der Waals surface area contributed by atoms with Gasteiger partial charge in [0.2, 0.25) is 0 Å². The van der Waals surface area contributed by atoms with Gasteiger partial charge in [0.15, 0.2) is 5.13 Å². The highest BCUT2D eigenvalue weighted by Gasteiger charge is 2.18. The molecule has 2 aromatic rings. The van der Waals surface area contributed by atoms with E-state index in [1.807, 2.05) is 0 Å². The Balaban J connectivity index is 2.12. The molecular weight excluding hydrogens is 302 g/mol. The number of methoxy groups -OCH3 is 1. The van der Waals surface area contributed by atoms with Gasteiger partial charge >= 0.3 is 5.97 Å². The first-order valence-electron chi connectivity index (χ1n) is 5.78. The molecule has 0 aliphatic carbocycles. The molecule has 0 radical (unpaired) electrons. The number of carbonyl (C=O) groups is 2. The molecule has 110 valence electrons. The molecule has 0 aliphatic rings. The van der Waals surface area contributed by atoms with E-state index in [0.29, 0.717) is 5.69 Å². The van der Waals surface area contributed by atoms with Gasteiger partial charge in [-0.05, 0) is 12.1 Å². The lowest BCUT2D eigenvalue weighted by molar-refractivity contribution is -0.139. The number of nitrogens with one attached hydrogen (secondary N) is 1. The standard InChI is InChI=1S/C13H10F2N2O3S/c1-20-10(18)5-7-6-21-13(16-7)17-12(19)11-8(14)3-2-4-9(11)15/h2-4,6H,5H2,1H3,(H,16,17,19). The van der Waals surface area contributed by atoms with E-state index in [1.54, 1.807) is 5.38 Å². The van der Waals surface area contributed by atoms with Gasteiger partial charge in [-0.2, -0.15) is 0 Å². The minimum absolute atomic E-state index is 0.0447. The van der Waals surface area contributed by atoms with E-state index in [1.165, 1.54) is 13.2 Å². The average molecular weight is 312 g/mol. The van der Waals surface area contributed by atoms with Crippen LogP contribution in [-0.2, 0) is 16.0 Å².